The van der Waals surface area contributed by atoms with E-state index in [-0.39, 0.29) is 12.1 Å². The average molecular weight is 346 g/mol. The molecule has 0 spiro atoms. The average Bonchev–Trinajstić information content (AvgIpc) is 2.68. The van der Waals surface area contributed by atoms with Crippen LogP contribution in [0.3, 0.4) is 0 Å². The Labute approximate surface area is 153 Å². The number of rotatable bonds is 5. The molecule has 2 amide bonds. The number of ether oxygens (including phenoxy) is 1. The van der Waals surface area contributed by atoms with Gasteiger partial charge < -0.3 is 15.4 Å². The molecular formula is C22H22N2O2. The van der Waals surface area contributed by atoms with Crippen LogP contribution in [-0.4, -0.2) is 13.1 Å². The summed E-state index contributed by atoms with van der Waals surface area (Å²) >= 11 is 0. The Kier molecular flexibility index (Phi) is 5.54. The number of anilines is 1. The van der Waals surface area contributed by atoms with Crippen LogP contribution < -0.4 is 15.4 Å². The van der Waals surface area contributed by atoms with E-state index in [1.807, 2.05) is 85.8 Å². The quantitative estimate of drug-likeness (QED) is 0.689. The zero-order valence-corrected chi connectivity index (χ0v) is 14.9. The second-order valence-electron chi connectivity index (χ2n) is 6.00. The Morgan fingerprint density at radius 2 is 1.54 bits per heavy atom. The van der Waals surface area contributed by atoms with Crippen molar-refractivity contribution in [3.05, 3.63) is 95.6 Å². The Hall–Kier alpha value is -3.27. The minimum absolute atomic E-state index is 0.265. The predicted octanol–water partition coefficient (Wildman–Crippen LogP) is 4.91. The van der Waals surface area contributed by atoms with Crippen molar-refractivity contribution in [2.45, 2.75) is 13.0 Å². The molecule has 0 aromatic heterocycles. The van der Waals surface area contributed by atoms with E-state index < -0.39 is 0 Å². The van der Waals surface area contributed by atoms with Crippen LogP contribution in [0.4, 0.5) is 10.5 Å². The van der Waals surface area contributed by atoms with Crippen LogP contribution in [0.5, 0.6) is 5.75 Å². The van der Waals surface area contributed by atoms with E-state index in [1.54, 1.807) is 7.11 Å². The molecule has 4 heteroatoms. The van der Waals surface area contributed by atoms with Crippen molar-refractivity contribution in [1.82, 2.24) is 5.32 Å². The van der Waals surface area contributed by atoms with Crippen LogP contribution in [0, 0.1) is 6.92 Å². The summed E-state index contributed by atoms with van der Waals surface area (Å²) in [4.78, 5) is 12.7. The Morgan fingerprint density at radius 3 is 2.27 bits per heavy atom. The van der Waals surface area contributed by atoms with E-state index in [1.165, 1.54) is 0 Å². The molecule has 3 aromatic rings. The summed E-state index contributed by atoms with van der Waals surface area (Å²) in [5, 5.41) is 6.00. The number of methoxy groups -OCH3 is 1. The number of hydrogen-bond donors (Lipinski definition) is 2. The number of benzene rings is 3. The van der Waals surface area contributed by atoms with Crippen molar-refractivity contribution >= 4 is 11.7 Å². The summed E-state index contributed by atoms with van der Waals surface area (Å²) in [7, 11) is 1.63. The highest BCUT2D eigenvalue weighted by molar-refractivity contribution is 5.90. The monoisotopic (exact) mass is 346 g/mol. The van der Waals surface area contributed by atoms with E-state index in [9.17, 15) is 4.79 Å². The zero-order chi connectivity index (χ0) is 18.4. The molecule has 0 aliphatic rings. The Morgan fingerprint density at radius 1 is 0.885 bits per heavy atom. The maximum absolute atomic E-state index is 12.7. The van der Waals surface area contributed by atoms with E-state index in [4.69, 9.17) is 4.74 Å². The zero-order valence-electron chi connectivity index (χ0n) is 14.9. The van der Waals surface area contributed by atoms with Crippen LogP contribution in [0.1, 0.15) is 22.7 Å². The molecule has 3 aromatic carbocycles. The lowest BCUT2D eigenvalue weighted by atomic mass is 9.98. The molecule has 0 aliphatic heterocycles. The minimum atomic E-state index is -0.323. The molecule has 2 N–H and O–H groups in total. The molecule has 0 fully saturated rings. The van der Waals surface area contributed by atoms with Crippen molar-refractivity contribution in [1.29, 1.82) is 0 Å². The predicted molar refractivity (Wildman–Crippen MR) is 105 cm³/mol. The molecule has 3 rings (SSSR count). The highest BCUT2D eigenvalue weighted by atomic mass is 16.5. The van der Waals surface area contributed by atoms with Gasteiger partial charge in [-0.25, -0.2) is 4.79 Å². The van der Waals surface area contributed by atoms with Crippen molar-refractivity contribution in [3.8, 4) is 5.75 Å². The van der Waals surface area contributed by atoms with Crippen LogP contribution >= 0.6 is 0 Å². The van der Waals surface area contributed by atoms with Gasteiger partial charge in [-0.05, 0) is 30.2 Å². The topological polar surface area (TPSA) is 50.4 Å². The van der Waals surface area contributed by atoms with Gasteiger partial charge >= 0.3 is 6.03 Å². The highest BCUT2D eigenvalue weighted by Crippen LogP contribution is 2.30. The van der Waals surface area contributed by atoms with Gasteiger partial charge in [0, 0.05) is 11.3 Å². The summed E-state index contributed by atoms with van der Waals surface area (Å²) in [5.74, 6) is 0.734. The SMILES string of the molecule is COc1ccccc1C(NC(=O)Nc1ccccc1C)c1ccccc1. The molecule has 0 heterocycles. The van der Waals surface area contributed by atoms with Gasteiger partial charge in [-0.1, -0.05) is 66.7 Å². The molecule has 4 nitrogen and oxygen atoms in total. The molecule has 132 valence electrons. The Balaban J connectivity index is 1.89. The molecule has 26 heavy (non-hydrogen) atoms. The van der Waals surface area contributed by atoms with E-state index in [2.05, 4.69) is 10.6 Å². The van der Waals surface area contributed by atoms with Gasteiger partial charge in [0.2, 0.25) is 0 Å². The summed E-state index contributed by atoms with van der Waals surface area (Å²) in [6, 6.07) is 24.7. The third kappa shape index (κ3) is 4.03. The first-order valence-electron chi connectivity index (χ1n) is 8.50. The number of para-hydroxylation sites is 2. The summed E-state index contributed by atoms with van der Waals surface area (Å²) in [6.07, 6.45) is 0. The fourth-order valence-electron chi connectivity index (χ4n) is 2.89. The van der Waals surface area contributed by atoms with Gasteiger partial charge in [-0.2, -0.15) is 0 Å². The first kappa shape index (κ1) is 17.5. The molecule has 0 radical (unpaired) electrons. The lowest BCUT2D eigenvalue weighted by Gasteiger charge is -2.22. The number of urea groups is 1. The number of hydrogen-bond acceptors (Lipinski definition) is 2. The van der Waals surface area contributed by atoms with E-state index >= 15 is 0 Å². The highest BCUT2D eigenvalue weighted by Gasteiger charge is 2.20. The summed E-state index contributed by atoms with van der Waals surface area (Å²) in [6.45, 7) is 1.96. The lowest BCUT2D eigenvalue weighted by molar-refractivity contribution is 0.250. The number of nitrogens with one attached hydrogen (secondary N) is 2. The van der Waals surface area contributed by atoms with Crippen LogP contribution in [-0.2, 0) is 0 Å². The molecular weight excluding hydrogens is 324 g/mol. The third-order valence-corrected chi connectivity index (χ3v) is 4.25. The fraction of sp³-hybridized carbons (Fsp3) is 0.136. The van der Waals surface area contributed by atoms with Crippen molar-refractivity contribution in [2.24, 2.45) is 0 Å². The first-order chi connectivity index (χ1) is 12.7. The normalized spacial score (nSPS) is 11.5. The molecule has 0 saturated heterocycles. The molecule has 0 aliphatic carbocycles. The van der Waals surface area contributed by atoms with Gasteiger partial charge in [0.1, 0.15) is 5.75 Å². The fourth-order valence-corrected chi connectivity index (χ4v) is 2.89. The molecule has 0 bridgehead atoms. The van der Waals surface area contributed by atoms with Gasteiger partial charge in [-0.3, -0.25) is 0 Å². The second-order valence-corrected chi connectivity index (χ2v) is 6.00. The van der Waals surface area contributed by atoms with Crippen LogP contribution in [0.25, 0.3) is 0 Å². The van der Waals surface area contributed by atoms with E-state index in [0.29, 0.717) is 0 Å². The number of aryl methyl sites for hydroxylation is 1. The first-order valence-corrected chi connectivity index (χ1v) is 8.50. The number of carbonyl (C=O) groups excluding carboxylic acids is 1. The van der Waals surface area contributed by atoms with Gasteiger partial charge in [0.05, 0.1) is 13.2 Å². The third-order valence-electron chi connectivity index (χ3n) is 4.25. The summed E-state index contributed by atoms with van der Waals surface area (Å²) in [5.41, 5.74) is 3.69. The van der Waals surface area contributed by atoms with Crippen molar-refractivity contribution < 1.29 is 9.53 Å². The summed E-state index contributed by atoms with van der Waals surface area (Å²) < 4.78 is 5.50. The number of amides is 2. The standard InChI is InChI=1S/C22H22N2O2/c1-16-10-6-8-14-19(16)23-22(25)24-21(17-11-4-3-5-12-17)18-13-7-9-15-20(18)26-2/h3-15,21H,1-2H3,(H2,23,24,25). The largest absolute Gasteiger partial charge is 0.496 e. The minimum Gasteiger partial charge on any atom is -0.496 e. The maximum Gasteiger partial charge on any atom is 0.319 e. The molecule has 1 unspecified atom stereocenters. The van der Waals surface area contributed by atoms with Gasteiger partial charge in [0.25, 0.3) is 0 Å². The smallest absolute Gasteiger partial charge is 0.319 e. The lowest BCUT2D eigenvalue weighted by Crippen LogP contribution is -2.33. The molecule has 0 saturated carbocycles. The molecule has 1 atom stereocenters. The van der Waals surface area contributed by atoms with Gasteiger partial charge in [-0.15, -0.1) is 0 Å². The van der Waals surface area contributed by atoms with Crippen molar-refractivity contribution in [2.75, 3.05) is 12.4 Å². The maximum atomic E-state index is 12.7. The number of carbonyl (C=O) groups is 1. The van der Waals surface area contributed by atoms with Crippen LogP contribution in [0.15, 0.2) is 78.9 Å². The van der Waals surface area contributed by atoms with Crippen LogP contribution in [0.2, 0.25) is 0 Å². The van der Waals surface area contributed by atoms with Gasteiger partial charge in [0.15, 0.2) is 0 Å². The Bertz CT molecular complexity index is 878. The van der Waals surface area contributed by atoms with Crippen molar-refractivity contribution in [3.63, 3.8) is 0 Å². The second kappa shape index (κ2) is 8.21. The van der Waals surface area contributed by atoms with E-state index in [0.717, 1.165) is 28.1 Å².